The van der Waals surface area contributed by atoms with Gasteiger partial charge in [0.2, 0.25) is 0 Å². The summed E-state index contributed by atoms with van der Waals surface area (Å²) < 4.78 is 5.04. The number of nitrogens with zero attached hydrogens (tertiary/aromatic N) is 4. The lowest BCUT2D eigenvalue weighted by Gasteiger charge is -1.93. The molecular weight excluding hydrogens is 364 g/mol. The number of hydrogen-bond acceptors (Lipinski definition) is 2. The fourth-order valence-electron chi connectivity index (χ4n) is 2.20. The first-order valence-electron chi connectivity index (χ1n) is 6.68. The van der Waals surface area contributed by atoms with Crippen molar-refractivity contribution in [3.8, 4) is 0 Å². The Labute approximate surface area is 141 Å². The molecule has 0 spiro atoms. The van der Waals surface area contributed by atoms with Crippen molar-refractivity contribution in [2.45, 2.75) is 0 Å². The molecule has 4 rings (SSSR count). The van der Waals surface area contributed by atoms with Crippen LogP contribution in [0.25, 0.3) is 22.1 Å². The molecule has 0 aliphatic carbocycles. The molecule has 0 aliphatic heterocycles. The van der Waals surface area contributed by atoms with Crippen molar-refractivity contribution in [1.29, 1.82) is 0 Å². The van der Waals surface area contributed by atoms with Gasteiger partial charge in [0.1, 0.15) is 0 Å². The zero-order chi connectivity index (χ0) is 15.7. The second-order valence-electron chi connectivity index (χ2n) is 4.98. The van der Waals surface area contributed by atoms with Gasteiger partial charge in [-0.05, 0) is 36.4 Å². The highest BCUT2D eigenvalue weighted by Gasteiger charge is 1.98. The van der Waals surface area contributed by atoms with E-state index in [1.807, 2.05) is 59.9 Å². The maximum Gasteiger partial charge on any atom is 0.0955 e. The number of benzene rings is 2. The Balaban J connectivity index is 0.000000131. The van der Waals surface area contributed by atoms with Gasteiger partial charge in [0.05, 0.1) is 34.7 Å². The Morgan fingerprint density at radius 1 is 0.864 bits per heavy atom. The average Bonchev–Trinajstić information content (AvgIpc) is 3.04. The summed E-state index contributed by atoms with van der Waals surface area (Å²) in [6.07, 6.45) is 3.60. The Morgan fingerprint density at radius 2 is 1.41 bits per heavy atom. The number of rotatable bonds is 0. The summed E-state index contributed by atoms with van der Waals surface area (Å²) in [6.45, 7) is 0. The average molecular weight is 378 g/mol. The third kappa shape index (κ3) is 3.00. The molecule has 2 heterocycles. The normalized spacial score (nSPS) is 10.7. The Morgan fingerprint density at radius 3 is 2.05 bits per heavy atom. The summed E-state index contributed by atoms with van der Waals surface area (Å²) in [5, 5.41) is 0.751. The standard InChI is InChI=1S/C8H7BrN2.C8H7ClN2/c2*1-11-5-10-7-3-2-6(9)4-8(7)11/h2*2-5H,1H3. The maximum atomic E-state index is 5.81. The van der Waals surface area contributed by atoms with E-state index in [0.717, 1.165) is 31.6 Å². The fourth-order valence-corrected chi connectivity index (χ4v) is 2.71. The molecule has 22 heavy (non-hydrogen) atoms. The van der Waals surface area contributed by atoms with Crippen molar-refractivity contribution in [2.75, 3.05) is 0 Å². The second-order valence-corrected chi connectivity index (χ2v) is 6.33. The van der Waals surface area contributed by atoms with Crippen LogP contribution in [0.1, 0.15) is 0 Å². The molecule has 4 nitrogen and oxygen atoms in total. The zero-order valence-corrected chi connectivity index (χ0v) is 14.5. The molecule has 2 aromatic carbocycles. The van der Waals surface area contributed by atoms with E-state index >= 15 is 0 Å². The quantitative estimate of drug-likeness (QED) is 0.450. The predicted molar refractivity (Wildman–Crippen MR) is 94.1 cm³/mol. The molecule has 0 bridgehead atoms. The van der Waals surface area contributed by atoms with E-state index < -0.39 is 0 Å². The lowest BCUT2D eigenvalue weighted by atomic mass is 10.3. The number of aryl methyl sites for hydroxylation is 2. The van der Waals surface area contributed by atoms with Crippen LogP contribution in [-0.4, -0.2) is 19.1 Å². The van der Waals surface area contributed by atoms with Crippen LogP contribution >= 0.6 is 27.5 Å². The summed E-state index contributed by atoms with van der Waals surface area (Å²) in [5.74, 6) is 0. The van der Waals surface area contributed by atoms with Gasteiger partial charge in [0.25, 0.3) is 0 Å². The Hall–Kier alpha value is -1.85. The van der Waals surface area contributed by atoms with Crippen LogP contribution in [0.3, 0.4) is 0 Å². The monoisotopic (exact) mass is 376 g/mol. The summed E-state index contributed by atoms with van der Waals surface area (Å²) in [6, 6.07) is 11.7. The van der Waals surface area contributed by atoms with Gasteiger partial charge in [-0.25, -0.2) is 9.97 Å². The van der Waals surface area contributed by atoms with E-state index in [9.17, 15) is 0 Å². The molecule has 2 aromatic heterocycles. The number of aromatic nitrogens is 4. The van der Waals surface area contributed by atoms with E-state index in [4.69, 9.17) is 11.6 Å². The van der Waals surface area contributed by atoms with Crippen molar-refractivity contribution in [3.63, 3.8) is 0 Å². The fraction of sp³-hybridized carbons (Fsp3) is 0.125. The topological polar surface area (TPSA) is 35.6 Å². The highest BCUT2D eigenvalue weighted by Crippen LogP contribution is 2.18. The van der Waals surface area contributed by atoms with Gasteiger partial charge >= 0.3 is 0 Å². The van der Waals surface area contributed by atoms with Gasteiger partial charge in [-0.3, -0.25) is 0 Å². The summed E-state index contributed by atoms with van der Waals surface area (Å²) in [5.41, 5.74) is 4.24. The second kappa shape index (κ2) is 6.10. The minimum Gasteiger partial charge on any atom is -0.334 e. The molecule has 4 aromatic rings. The molecule has 0 saturated carbocycles. The Kier molecular flexibility index (Phi) is 4.18. The van der Waals surface area contributed by atoms with Gasteiger partial charge in [-0.2, -0.15) is 0 Å². The zero-order valence-electron chi connectivity index (χ0n) is 12.2. The molecule has 0 unspecified atom stereocenters. The summed E-state index contributed by atoms with van der Waals surface area (Å²) in [7, 11) is 3.94. The highest BCUT2D eigenvalue weighted by molar-refractivity contribution is 9.10. The number of imidazole rings is 2. The van der Waals surface area contributed by atoms with Gasteiger partial charge in [0.15, 0.2) is 0 Å². The van der Waals surface area contributed by atoms with Gasteiger partial charge in [0, 0.05) is 23.6 Å². The van der Waals surface area contributed by atoms with Crippen LogP contribution < -0.4 is 0 Å². The molecule has 0 amide bonds. The van der Waals surface area contributed by atoms with Gasteiger partial charge < -0.3 is 9.13 Å². The maximum absolute atomic E-state index is 5.81. The van der Waals surface area contributed by atoms with E-state index in [-0.39, 0.29) is 0 Å². The Bertz CT molecular complexity index is 864. The van der Waals surface area contributed by atoms with Crippen molar-refractivity contribution < 1.29 is 0 Å². The first kappa shape index (κ1) is 15.1. The molecular formula is C16H14BrClN4. The predicted octanol–water partition coefficient (Wildman–Crippen LogP) is 4.56. The van der Waals surface area contributed by atoms with Crippen molar-refractivity contribution in [1.82, 2.24) is 19.1 Å². The SMILES string of the molecule is Cn1cnc2ccc(Br)cc21.Cn1cnc2ccc(Cl)cc21. The minimum absolute atomic E-state index is 0.751. The summed E-state index contributed by atoms with van der Waals surface area (Å²) >= 11 is 9.22. The molecule has 0 N–H and O–H groups in total. The van der Waals surface area contributed by atoms with E-state index in [1.165, 1.54) is 0 Å². The first-order valence-corrected chi connectivity index (χ1v) is 7.85. The lowest BCUT2D eigenvalue weighted by molar-refractivity contribution is 0.947. The van der Waals surface area contributed by atoms with Gasteiger partial charge in [-0.1, -0.05) is 27.5 Å². The van der Waals surface area contributed by atoms with Gasteiger partial charge in [-0.15, -0.1) is 0 Å². The minimum atomic E-state index is 0.751. The largest absolute Gasteiger partial charge is 0.334 e. The van der Waals surface area contributed by atoms with Crippen LogP contribution in [0.5, 0.6) is 0 Å². The summed E-state index contributed by atoms with van der Waals surface area (Å²) in [4.78, 5) is 8.37. The van der Waals surface area contributed by atoms with E-state index in [1.54, 1.807) is 6.33 Å². The van der Waals surface area contributed by atoms with Crippen molar-refractivity contribution >= 4 is 49.6 Å². The third-order valence-electron chi connectivity index (χ3n) is 3.37. The number of halogens is 2. The highest BCUT2D eigenvalue weighted by atomic mass is 79.9. The first-order chi connectivity index (χ1) is 10.5. The van der Waals surface area contributed by atoms with Crippen LogP contribution in [0.2, 0.25) is 5.02 Å². The molecule has 112 valence electrons. The molecule has 0 aliphatic rings. The molecule has 0 fully saturated rings. The number of hydrogen-bond donors (Lipinski definition) is 0. The van der Waals surface area contributed by atoms with Crippen molar-refractivity contribution in [2.24, 2.45) is 14.1 Å². The smallest absolute Gasteiger partial charge is 0.0955 e. The van der Waals surface area contributed by atoms with Crippen LogP contribution in [0.15, 0.2) is 53.5 Å². The van der Waals surface area contributed by atoms with Crippen LogP contribution in [-0.2, 0) is 14.1 Å². The lowest BCUT2D eigenvalue weighted by Crippen LogP contribution is -1.82. The number of fused-ring (bicyclic) bond motifs is 2. The third-order valence-corrected chi connectivity index (χ3v) is 4.10. The van der Waals surface area contributed by atoms with Crippen LogP contribution in [0, 0.1) is 0 Å². The molecule has 0 saturated heterocycles. The van der Waals surface area contributed by atoms with Crippen LogP contribution in [0.4, 0.5) is 0 Å². The molecule has 0 atom stereocenters. The van der Waals surface area contributed by atoms with E-state index in [0.29, 0.717) is 0 Å². The molecule has 0 radical (unpaired) electrons. The van der Waals surface area contributed by atoms with Crippen molar-refractivity contribution in [3.05, 3.63) is 58.5 Å². The molecule has 6 heteroatoms. The van der Waals surface area contributed by atoms with E-state index in [2.05, 4.69) is 32.0 Å².